The molecule has 5 N–H and O–H groups in total. The molecule has 3 rings (SSSR count). The predicted molar refractivity (Wildman–Crippen MR) is 93.3 cm³/mol. The van der Waals surface area contributed by atoms with Crippen molar-refractivity contribution in [2.24, 2.45) is 5.73 Å². The Morgan fingerprint density at radius 3 is 2.68 bits per heavy atom. The molecule has 0 spiro atoms. The van der Waals surface area contributed by atoms with Crippen LogP contribution in [0.15, 0.2) is 35.4 Å². The van der Waals surface area contributed by atoms with Crippen LogP contribution in [0, 0.1) is 0 Å². The summed E-state index contributed by atoms with van der Waals surface area (Å²) >= 11 is 4.34. The van der Waals surface area contributed by atoms with Crippen LogP contribution in [-0.4, -0.2) is 27.7 Å². The molecule has 25 heavy (non-hydrogen) atoms. The zero-order valence-corrected chi connectivity index (χ0v) is 13.7. The number of benzene rings is 1. The Kier molecular flexibility index (Phi) is 4.73. The van der Waals surface area contributed by atoms with Crippen LogP contribution in [0.25, 0.3) is 11.0 Å². The maximum Gasteiger partial charge on any atom is 0.405 e. The van der Waals surface area contributed by atoms with Crippen LogP contribution >= 0.6 is 12.6 Å². The largest absolute Gasteiger partial charge is 0.405 e. The minimum atomic E-state index is -4.35. The fraction of sp³-hybridized carbons (Fsp3) is 0.200. The van der Waals surface area contributed by atoms with E-state index in [1.165, 1.54) is 0 Å². The first-order valence-corrected chi connectivity index (χ1v) is 7.75. The molecule has 6 nitrogen and oxygen atoms in total. The first kappa shape index (κ1) is 17.4. The maximum atomic E-state index is 12.5. The number of hydrogen-bond donors (Lipinski definition) is 5. The van der Waals surface area contributed by atoms with Gasteiger partial charge in [-0.1, -0.05) is 6.07 Å². The molecular weight excluding hydrogens is 353 g/mol. The molecule has 1 aromatic carbocycles. The van der Waals surface area contributed by atoms with Gasteiger partial charge in [0.05, 0.1) is 5.39 Å². The molecule has 0 bridgehead atoms. The van der Waals surface area contributed by atoms with Crippen molar-refractivity contribution in [2.75, 3.05) is 17.2 Å². The number of aromatic amines is 1. The van der Waals surface area contributed by atoms with E-state index in [1.54, 1.807) is 30.5 Å². The number of fused-ring (bicyclic) bond motifs is 1. The zero-order chi connectivity index (χ0) is 18.0. The summed E-state index contributed by atoms with van der Waals surface area (Å²) < 4.78 is 37.4. The van der Waals surface area contributed by atoms with Crippen molar-refractivity contribution in [3.05, 3.63) is 36.0 Å². The zero-order valence-electron chi connectivity index (χ0n) is 12.9. The van der Waals surface area contributed by atoms with Gasteiger partial charge in [0, 0.05) is 23.3 Å². The van der Waals surface area contributed by atoms with Gasteiger partial charge in [0.1, 0.15) is 18.0 Å². The molecule has 0 unspecified atom stereocenters. The minimum absolute atomic E-state index is 0.0933. The Hall–Kier alpha value is -2.46. The highest BCUT2D eigenvalue weighted by Gasteiger charge is 2.27. The molecule has 0 amide bonds. The second-order valence-electron chi connectivity index (χ2n) is 5.28. The first-order chi connectivity index (χ1) is 11.9. The van der Waals surface area contributed by atoms with E-state index in [0.717, 1.165) is 5.56 Å². The number of H-pyrrole nitrogens is 1. The van der Waals surface area contributed by atoms with E-state index in [1.807, 2.05) is 0 Å². The lowest BCUT2D eigenvalue weighted by Gasteiger charge is -2.12. The van der Waals surface area contributed by atoms with Gasteiger partial charge in [0.25, 0.3) is 0 Å². The van der Waals surface area contributed by atoms with Crippen molar-refractivity contribution in [3.63, 3.8) is 0 Å². The summed E-state index contributed by atoms with van der Waals surface area (Å²) in [6.07, 6.45) is -2.76. The number of hydrogen-bond acceptors (Lipinski definition) is 6. The van der Waals surface area contributed by atoms with Gasteiger partial charge in [0.15, 0.2) is 0 Å². The van der Waals surface area contributed by atoms with Crippen molar-refractivity contribution < 1.29 is 13.2 Å². The molecule has 0 aliphatic carbocycles. The second-order valence-corrected chi connectivity index (χ2v) is 5.76. The van der Waals surface area contributed by atoms with Gasteiger partial charge in [0.2, 0.25) is 5.95 Å². The van der Waals surface area contributed by atoms with E-state index < -0.39 is 12.7 Å². The first-order valence-electron chi connectivity index (χ1n) is 7.30. The smallest absolute Gasteiger partial charge is 0.360 e. The van der Waals surface area contributed by atoms with Crippen molar-refractivity contribution in [3.8, 4) is 0 Å². The molecule has 132 valence electrons. The van der Waals surface area contributed by atoms with Gasteiger partial charge in [-0.25, -0.2) is 0 Å². The topological polar surface area (TPSA) is 91.6 Å². The molecule has 2 heterocycles. The maximum absolute atomic E-state index is 12.5. The average Bonchev–Trinajstić information content (AvgIpc) is 3.00. The Bertz CT molecular complexity index is 893. The van der Waals surface area contributed by atoms with Gasteiger partial charge >= 0.3 is 6.18 Å². The molecule has 0 saturated carbocycles. The summed E-state index contributed by atoms with van der Waals surface area (Å²) in [5.41, 5.74) is 7.54. The summed E-state index contributed by atoms with van der Waals surface area (Å²) in [6.45, 7) is -0.828. The van der Waals surface area contributed by atoms with Crippen LogP contribution in [0.2, 0.25) is 0 Å². The highest BCUT2D eigenvalue weighted by molar-refractivity contribution is 7.80. The number of aromatic nitrogens is 3. The van der Waals surface area contributed by atoms with Crippen LogP contribution in [0.3, 0.4) is 0 Å². The molecule has 0 saturated heterocycles. The van der Waals surface area contributed by atoms with Gasteiger partial charge in [-0.05, 0) is 23.8 Å². The summed E-state index contributed by atoms with van der Waals surface area (Å²) in [5.74, 6) is 0.253. The van der Waals surface area contributed by atoms with Crippen molar-refractivity contribution in [1.29, 1.82) is 0 Å². The monoisotopic (exact) mass is 368 g/mol. The Labute approximate surface area is 146 Å². The average molecular weight is 368 g/mol. The molecular formula is C15H15F3N6S. The number of thiol groups is 1. The summed E-state index contributed by atoms with van der Waals surface area (Å²) in [7, 11) is 0. The fourth-order valence-corrected chi connectivity index (χ4v) is 2.56. The van der Waals surface area contributed by atoms with E-state index in [2.05, 4.69) is 38.2 Å². The molecule has 0 atom stereocenters. The number of alkyl halides is 3. The Morgan fingerprint density at radius 2 is 2.00 bits per heavy atom. The van der Waals surface area contributed by atoms with Crippen molar-refractivity contribution >= 4 is 41.1 Å². The number of nitrogens with zero attached hydrogens (tertiary/aromatic N) is 2. The number of nitrogens with one attached hydrogen (secondary N) is 3. The summed E-state index contributed by atoms with van der Waals surface area (Å²) in [6, 6.07) is 6.93. The molecule has 0 aliphatic heterocycles. The van der Waals surface area contributed by atoms with Crippen LogP contribution in [0.1, 0.15) is 5.56 Å². The van der Waals surface area contributed by atoms with Crippen LogP contribution in [0.4, 0.5) is 30.6 Å². The molecule has 3 aromatic rings. The van der Waals surface area contributed by atoms with Gasteiger partial charge in [-0.3, -0.25) is 0 Å². The highest BCUT2D eigenvalue weighted by Crippen LogP contribution is 2.26. The number of anilines is 3. The van der Waals surface area contributed by atoms with E-state index in [4.69, 9.17) is 5.73 Å². The lowest BCUT2D eigenvalue weighted by molar-refractivity contribution is -0.115. The predicted octanol–water partition coefficient (Wildman–Crippen LogP) is 3.42. The summed E-state index contributed by atoms with van der Waals surface area (Å²) in [5, 5.41) is 5.74. The lowest BCUT2D eigenvalue weighted by atomic mass is 10.2. The Balaban J connectivity index is 1.90. The van der Waals surface area contributed by atoms with E-state index in [9.17, 15) is 13.2 Å². The highest BCUT2D eigenvalue weighted by atomic mass is 32.1. The minimum Gasteiger partial charge on any atom is -0.360 e. The van der Waals surface area contributed by atoms with Crippen molar-refractivity contribution in [1.82, 2.24) is 15.0 Å². The van der Waals surface area contributed by atoms with E-state index >= 15 is 0 Å². The third-order valence-corrected chi connectivity index (χ3v) is 3.85. The number of halogens is 3. The molecule has 0 aliphatic rings. The van der Waals surface area contributed by atoms with Crippen LogP contribution in [0.5, 0.6) is 0 Å². The third-order valence-electron chi connectivity index (χ3n) is 3.43. The van der Waals surface area contributed by atoms with Crippen LogP contribution < -0.4 is 16.4 Å². The Morgan fingerprint density at radius 1 is 1.20 bits per heavy atom. The normalized spacial score (nSPS) is 11.7. The van der Waals surface area contributed by atoms with Gasteiger partial charge in [-0.15, -0.1) is 12.6 Å². The number of rotatable bonds is 5. The van der Waals surface area contributed by atoms with Gasteiger partial charge in [-0.2, -0.15) is 23.1 Å². The fourth-order valence-electron chi connectivity index (χ4n) is 2.26. The standard InChI is InChI=1S/C15H15F3N6S/c16-15(17,18)7-21-13-10-3-4-20-12(10)23-14(24-13)22-9-2-1-8(6-19)11(25)5-9/h1-5,25H,6-7,19H2,(H3,20,21,22,23,24). The van der Waals surface area contributed by atoms with E-state index in [0.29, 0.717) is 28.2 Å². The van der Waals surface area contributed by atoms with Gasteiger partial charge < -0.3 is 21.4 Å². The lowest BCUT2D eigenvalue weighted by Crippen LogP contribution is -2.22. The molecule has 2 aromatic heterocycles. The molecule has 10 heteroatoms. The second kappa shape index (κ2) is 6.81. The summed E-state index contributed by atoms with van der Waals surface area (Å²) in [4.78, 5) is 12.0. The molecule has 0 radical (unpaired) electrons. The third kappa shape index (κ3) is 4.15. The molecule has 0 fully saturated rings. The van der Waals surface area contributed by atoms with Crippen LogP contribution in [-0.2, 0) is 6.54 Å². The van der Waals surface area contributed by atoms with E-state index in [-0.39, 0.29) is 11.8 Å². The van der Waals surface area contributed by atoms with Crippen molar-refractivity contribution in [2.45, 2.75) is 17.6 Å². The SMILES string of the molecule is NCc1ccc(Nc2nc(NCC(F)(F)F)c3cc[nH]c3n2)cc1S. The number of nitrogens with two attached hydrogens (primary N) is 1. The quantitative estimate of drug-likeness (QED) is 0.445.